The fourth-order valence-electron chi connectivity index (χ4n) is 3.76. The van der Waals surface area contributed by atoms with E-state index in [0.29, 0.717) is 0 Å². The van der Waals surface area contributed by atoms with Crippen molar-refractivity contribution in [3.63, 3.8) is 0 Å². The molecule has 0 unspecified atom stereocenters. The third-order valence-corrected chi connectivity index (χ3v) is 5.47. The van der Waals surface area contributed by atoms with Crippen molar-refractivity contribution in [3.05, 3.63) is 75.8 Å². The van der Waals surface area contributed by atoms with Crippen LogP contribution in [0, 0.1) is 11.3 Å². The SMILES string of the molecule is CN1CCN(C2=Cc3ccccc3C(=CC#N)c3cccc(Cl)c32)CC1. The second-order valence-electron chi connectivity index (χ2n) is 6.76. The minimum Gasteiger partial charge on any atom is -0.368 e. The molecule has 26 heavy (non-hydrogen) atoms. The van der Waals surface area contributed by atoms with Gasteiger partial charge in [0, 0.05) is 49.1 Å². The van der Waals surface area contributed by atoms with Gasteiger partial charge in [-0.1, -0.05) is 48.0 Å². The van der Waals surface area contributed by atoms with E-state index in [1.165, 1.54) is 0 Å². The molecule has 2 aliphatic rings. The van der Waals surface area contributed by atoms with Gasteiger partial charge in [-0.3, -0.25) is 0 Å². The van der Waals surface area contributed by atoms with Crippen molar-refractivity contribution in [2.24, 2.45) is 0 Å². The van der Waals surface area contributed by atoms with Gasteiger partial charge in [-0.25, -0.2) is 0 Å². The highest BCUT2D eigenvalue weighted by molar-refractivity contribution is 6.33. The molecule has 4 heteroatoms. The lowest BCUT2D eigenvalue weighted by molar-refractivity contribution is 0.208. The second-order valence-corrected chi connectivity index (χ2v) is 7.16. The number of piperazine rings is 1. The number of nitrogens with zero attached hydrogens (tertiary/aromatic N) is 3. The number of fused-ring (bicyclic) bond motifs is 2. The number of likely N-dealkylation sites (N-methyl/N-ethyl adjacent to an activating group) is 1. The first-order valence-corrected chi connectivity index (χ1v) is 9.20. The van der Waals surface area contributed by atoms with Crippen LogP contribution in [-0.2, 0) is 0 Å². The van der Waals surface area contributed by atoms with Crippen LogP contribution in [0.5, 0.6) is 0 Å². The Morgan fingerprint density at radius 2 is 1.73 bits per heavy atom. The normalized spacial score (nSPS) is 18.6. The molecule has 130 valence electrons. The number of rotatable bonds is 1. The Balaban J connectivity index is 1.97. The zero-order valence-electron chi connectivity index (χ0n) is 14.7. The van der Waals surface area contributed by atoms with Crippen LogP contribution in [-0.4, -0.2) is 43.0 Å². The molecule has 0 bridgehead atoms. The molecule has 0 radical (unpaired) electrons. The van der Waals surface area contributed by atoms with E-state index >= 15 is 0 Å². The van der Waals surface area contributed by atoms with E-state index in [1.807, 2.05) is 24.3 Å². The molecule has 0 saturated carbocycles. The standard InChI is InChI=1S/C22H20ClN3/c1-25-11-13-26(14-12-25)21-15-16-5-2-3-6-17(16)18(9-10-24)19-7-4-8-20(23)22(19)21/h2-9,15H,11-14H2,1H3. The summed E-state index contributed by atoms with van der Waals surface area (Å²) < 4.78 is 0. The molecule has 3 nitrogen and oxygen atoms in total. The Morgan fingerprint density at radius 3 is 2.50 bits per heavy atom. The molecule has 0 aromatic heterocycles. The number of hydrogen-bond acceptors (Lipinski definition) is 3. The molecule has 1 heterocycles. The maximum atomic E-state index is 9.38. The zero-order chi connectivity index (χ0) is 18.1. The van der Waals surface area contributed by atoms with E-state index in [0.717, 1.165) is 64.7 Å². The number of halogens is 1. The molecule has 4 rings (SSSR count). The van der Waals surface area contributed by atoms with Crippen LogP contribution < -0.4 is 0 Å². The number of allylic oxidation sites excluding steroid dienone is 1. The van der Waals surface area contributed by atoms with E-state index in [2.05, 4.69) is 47.2 Å². The predicted octanol–water partition coefficient (Wildman–Crippen LogP) is 4.35. The van der Waals surface area contributed by atoms with E-state index in [4.69, 9.17) is 11.6 Å². The second kappa shape index (κ2) is 6.99. The van der Waals surface area contributed by atoms with Crippen LogP contribution in [0.3, 0.4) is 0 Å². The van der Waals surface area contributed by atoms with Crippen LogP contribution in [0.2, 0.25) is 5.02 Å². The van der Waals surface area contributed by atoms with Gasteiger partial charge in [0.2, 0.25) is 0 Å². The summed E-state index contributed by atoms with van der Waals surface area (Å²) in [4.78, 5) is 4.76. The minimum atomic E-state index is 0.726. The fourth-order valence-corrected chi connectivity index (χ4v) is 4.03. The molecule has 0 amide bonds. The van der Waals surface area contributed by atoms with Crippen molar-refractivity contribution in [2.75, 3.05) is 33.2 Å². The van der Waals surface area contributed by atoms with E-state index in [1.54, 1.807) is 6.08 Å². The zero-order valence-corrected chi connectivity index (χ0v) is 15.5. The highest BCUT2D eigenvalue weighted by Crippen LogP contribution is 2.41. The third kappa shape index (κ3) is 2.92. The molecule has 1 fully saturated rings. The molecule has 2 aromatic rings. The Kier molecular flexibility index (Phi) is 4.55. The maximum Gasteiger partial charge on any atom is 0.0918 e. The molecule has 1 aliphatic carbocycles. The van der Waals surface area contributed by atoms with Crippen molar-refractivity contribution in [1.82, 2.24) is 9.80 Å². The van der Waals surface area contributed by atoms with Crippen molar-refractivity contribution in [3.8, 4) is 6.07 Å². The van der Waals surface area contributed by atoms with Crippen molar-refractivity contribution >= 4 is 28.9 Å². The van der Waals surface area contributed by atoms with Gasteiger partial charge in [-0.15, -0.1) is 0 Å². The molecule has 0 atom stereocenters. The first kappa shape index (κ1) is 16.9. The first-order valence-electron chi connectivity index (χ1n) is 8.82. The van der Waals surface area contributed by atoms with Crippen molar-refractivity contribution in [1.29, 1.82) is 5.26 Å². The largest absolute Gasteiger partial charge is 0.368 e. The first-order chi connectivity index (χ1) is 12.7. The topological polar surface area (TPSA) is 30.3 Å². The van der Waals surface area contributed by atoms with Gasteiger partial charge in [-0.05, 0) is 35.9 Å². The van der Waals surface area contributed by atoms with Gasteiger partial charge in [-0.2, -0.15) is 5.26 Å². The number of nitriles is 1. The minimum absolute atomic E-state index is 0.726. The summed E-state index contributed by atoms with van der Waals surface area (Å²) in [7, 11) is 2.16. The Bertz CT molecular complexity index is 944. The van der Waals surface area contributed by atoms with Crippen LogP contribution >= 0.6 is 11.6 Å². The van der Waals surface area contributed by atoms with Gasteiger partial charge >= 0.3 is 0 Å². The molecule has 1 saturated heterocycles. The van der Waals surface area contributed by atoms with E-state index in [9.17, 15) is 5.26 Å². The summed E-state index contributed by atoms with van der Waals surface area (Å²) in [6, 6.07) is 16.4. The van der Waals surface area contributed by atoms with Gasteiger partial charge in [0.25, 0.3) is 0 Å². The van der Waals surface area contributed by atoms with Gasteiger partial charge in [0.1, 0.15) is 0 Å². The van der Waals surface area contributed by atoms with E-state index in [-0.39, 0.29) is 0 Å². The van der Waals surface area contributed by atoms with Crippen molar-refractivity contribution in [2.45, 2.75) is 0 Å². The Labute approximate surface area is 159 Å². The average Bonchev–Trinajstić information content (AvgIpc) is 2.79. The number of hydrogen-bond donors (Lipinski definition) is 0. The molecule has 0 N–H and O–H groups in total. The quantitative estimate of drug-likeness (QED) is 0.707. The van der Waals surface area contributed by atoms with Crippen LogP contribution in [0.15, 0.2) is 48.5 Å². The smallest absolute Gasteiger partial charge is 0.0918 e. The summed E-state index contributed by atoms with van der Waals surface area (Å²) >= 11 is 6.68. The summed E-state index contributed by atoms with van der Waals surface area (Å²) in [5.74, 6) is 0. The summed E-state index contributed by atoms with van der Waals surface area (Å²) in [6.07, 6.45) is 3.86. The highest BCUT2D eigenvalue weighted by Gasteiger charge is 2.26. The lowest BCUT2D eigenvalue weighted by Crippen LogP contribution is -2.43. The Hall–Kier alpha value is -2.54. The molecular formula is C22H20ClN3. The van der Waals surface area contributed by atoms with Crippen molar-refractivity contribution < 1.29 is 0 Å². The monoisotopic (exact) mass is 361 g/mol. The summed E-state index contributed by atoms with van der Waals surface area (Å²) in [5.41, 5.74) is 6.32. The lowest BCUT2D eigenvalue weighted by atomic mass is 9.93. The predicted molar refractivity (Wildman–Crippen MR) is 108 cm³/mol. The maximum absolute atomic E-state index is 9.38. The van der Waals surface area contributed by atoms with E-state index < -0.39 is 0 Å². The molecule has 2 aromatic carbocycles. The third-order valence-electron chi connectivity index (χ3n) is 5.16. The van der Waals surface area contributed by atoms with Crippen LogP contribution in [0.4, 0.5) is 0 Å². The fraction of sp³-hybridized carbons (Fsp3) is 0.227. The highest BCUT2D eigenvalue weighted by atomic mass is 35.5. The average molecular weight is 362 g/mol. The molecule has 1 aliphatic heterocycles. The summed E-state index contributed by atoms with van der Waals surface area (Å²) in [5, 5.41) is 10.1. The van der Waals surface area contributed by atoms with Gasteiger partial charge < -0.3 is 9.80 Å². The van der Waals surface area contributed by atoms with Gasteiger partial charge in [0.05, 0.1) is 11.1 Å². The number of benzene rings is 2. The van der Waals surface area contributed by atoms with Gasteiger partial charge in [0.15, 0.2) is 0 Å². The molecular weight excluding hydrogens is 342 g/mol. The summed E-state index contributed by atoms with van der Waals surface area (Å²) in [6.45, 7) is 3.98. The molecule has 0 spiro atoms. The Morgan fingerprint density at radius 1 is 1.00 bits per heavy atom. The lowest BCUT2D eigenvalue weighted by Gasteiger charge is -2.36. The van der Waals surface area contributed by atoms with Crippen LogP contribution in [0.1, 0.15) is 22.3 Å². The van der Waals surface area contributed by atoms with Crippen LogP contribution in [0.25, 0.3) is 17.3 Å².